The van der Waals surface area contributed by atoms with Gasteiger partial charge in [-0.15, -0.1) is 0 Å². The van der Waals surface area contributed by atoms with Crippen molar-refractivity contribution in [3.63, 3.8) is 0 Å². The normalized spacial score (nSPS) is 14.8. The Hall–Kier alpha value is -14.3. The van der Waals surface area contributed by atoms with Gasteiger partial charge in [-0.1, -0.05) is 358 Å². The van der Waals surface area contributed by atoms with Crippen molar-refractivity contribution in [1.29, 1.82) is 0 Å². The van der Waals surface area contributed by atoms with Crippen LogP contribution in [-0.2, 0) is 10.8 Å². The predicted octanol–water partition coefficient (Wildman–Crippen LogP) is 26.3. The lowest BCUT2D eigenvalue weighted by atomic mass is 9.70. The van der Waals surface area contributed by atoms with Gasteiger partial charge < -0.3 is 0 Å². The van der Waals surface area contributed by atoms with Crippen molar-refractivity contribution in [2.45, 2.75) is 10.8 Å². The van der Waals surface area contributed by atoms with Crippen LogP contribution < -0.4 is 0 Å². The highest BCUT2D eigenvalue weighted by atomic mass is 14.9. The van der Waals surface area contributed by atoms with Crippen LogP contribution in [0.2, 0.25) is 0 Å². The number of hydrogen-bond donors (Lipinski definition) is 0. The predicted molar refractivity (Wildman–Crippen MR) is 450 cm³/mol. The average molecular weight is 1400 g/mol. The van der Waals surface area contributed by atoms with Gasteiger partial charge in [0, 0.05) is 33.4 Å². The van der Waals surface area contributed by atoms with E-state index >= 15 is 0 Å². The molecule has 22 rings (SSSR count). The summed E-state index contributed by atoms with van der Waals surface area (Å²) in [5.41, 5.74) is 40.8. The molecule has 0 radical (unpaired) electrons. The molecular formula is C106H66N4. The molecule has 0 N–H and O–H groups in total. The number of nitrogens with zero attached hydrogens (tertiary/aromatic N) is 4. The van der Waals surface area contributed by atoms with Gasteiger partial charge >= 0.3 is 0 Å². The average Bonchev–Trinajstić information content (AvgIpc) is 1.51. The van der Waals surface area contributed by atoms with Crippen molar-refractivity contribution in [2.75, 3.05) is 0 Å². The molecule has 2 aromatic heterocycles. The maximum atomic E-state index is 5.22. The van der Waals surface area contributed by atoms with E-state index in [2.05, 4.69) is 376 Å². The SMILES string of the molecule is c1ccc(-c2cc(-c3ccccc3)nc(-c3cccc(-c4ccc(-c5cccc6c5-c5ccccc5C65c6ccccc6-c6cc(-c7ccc8c(c7)C7(c9ccccc9-8)c8ccccc8-c8c(-c9cccc(-c%10cccc(-c%11nc(-c%12ccccc%12)cc(-c%12ccccc%12)n%11)c%10)c9)cccc87)ccc65)cc4)c3)n2)cc1. The molecule has 4 aliphatic rings. The second-order valence-corrected chi connectivity index (χ2v) is 29.4. The fraction of sp³-hybridized carbons (Fsp3) is 0.0189. The highest BCUT2D eigenvalue weighted by Gasteiger charge is 2.54. The van der Waals surface area contributed by atoms with Crippen LogP contribution in [0.25, 0.3) is 168 Å². The lowest BCUT2D eigenvalue weighted by Gasteiger charge is -2.31. The number of aromatic nitrogens is 4. The zero-order valence-electron chi connectivity index (χ0n) is 59.9. The van der Waals surface area contributed by atoms with Crippen molar-refractivity contribution in [2.24, 2.45) is 0 Å². The Morgan fingerprint density at radius 2 is 0.418 bits per heavy atom. The molecule has 0 amide bonds. The first-order valence-corrected chi connectivity index (χ1v) is 37.9. The van der Waals surface area contributed by atoms with Crippen LogP contribution in [-0.4, -0.2) is 19.9 Å². The van der Waals surface area contributed by atoms with Crippen molar-refractivity contribution < 1.29 is 0 Å². The van der Waals surface area contributed by atoms with Crippen molar-refractivity contribution in [3.8, 4) is 168 Å². The summed E-state index contributed by atoms with van der Waals surface area (Å²) >= 11 is 0. The molecule has 0 aliphatic heterocycles. The molecule has 2 atom stereocenters. The summed E-state index contributed by atoms with van der Waals surface area (Å²) in [5.74, 6) is 1.38. The fourth-order valence-electron chi connectivity index (χ4n) is 18.8. The topological polar surface area (TPSA) is 51.6 Å². The number of fused-ring (bicyclic) bond motifs is 20. The lowest BCUT2D eigenvalue weighted by Crippen LogP contribution is -2.26. The number of rotatable bonds is 11. The van der Waals surface area contributed by atoms with E-state index in [0.29, 0.717) is 11.6 Å². The van der Waals surface area contributed by atoms with E-state index in [1.54, 1.807) is 0 Å². The van der Waals surface area contributed by atoms with E-state index in [1.807, 2.05) is 24.3 Å². The highest BCUT2D eigenvalue weighted by molar-refractivity contribution is 6.03. The quantitative estimate of drug-likeness (QED) is 0.129. The standard InChI is InChI=1S/C106H66N4/c1-5-26-69(27-6-1)97-65-98(70-28-7-2-8-29-70)108-103(107-97)79-38-22-34-73(61-79)67-52-54-68(55-53-67)81-44-24-50-94-101(81)86-42-15-19-48-91(86)105(94)90-47-18-14-41-84(90)88-63-76(57-59-93(88)105)77-56-58-85-83-40-13-17-46-89(83)106(96(85)64-77)92-49-20-16-43-87(92)102-82(45-25-51-95(102)106)78-37-21-35-74(60-78)75-36-23-39-80(62-75)104-109-99(71-30-9-3-10-31-71)66-100(110-104)72-32-11-4-12-33-72/h1-66H. The summed E-state index contributed by atoms with van der Waals surface area (Å²) in [4.78, 5) is 20.8. The molecule has 4 heteroatoms. The Morgan fingerprint density at radius 3 is 0.900 bits per heavy atom. The molecule has 0 saturated heterocycles. The summed E-state index contributed by atoms with van der Waals surface area (Å²) in [5, 5.41) is 0. The van der Waals surface area contributed by atoms with Crippen LogP contribution >= 0.6 is 0 Å². The maximum Gasteiger partial charge on any atom is 0.160 e. The first-order chi connectivity index (χ1) is 54.5. The molecule has 2 spiro atoms. The fourth-order valence-corrected chi connectivity index (χ4v) is 18.8. The first kappa shape index (κ1) is 63.0. The Balaban J connectivity index is 0.622. The largest absolute Gasteiger partial charge is 0.228 e. The third kappa shape index (κ3) is 9.72. The van der Waals surface area contributed by atoms with Crippen LogP contribution in [0.15, 0.2) is 400 Å². The van der Waals surface area contributed by atoms with Crippen LogP contribution in [0.1, 0.15) is 44.5 Å². The van der Waals surface area contributed by atoms with E-state index < -0.39 is 10.8 Å². The van der Waals surface area contributed by atoms with E-state index in [9.17, 15) is 0 Å². The summed E-state index contributed by atoms with van der Waals surface area (Å²) in [6.45, 7) is 0. The molecule has 110 heavy (non-hydrogen) atoms. The van der Waals surface area contributed by atoms with Crippen molar-refractivity contribution in [1.82, 2.24) is 19.9 Å². The molecule has 4 nitrogen and oxygen atoms in total. The molecule has 0 saturated carbocycles. The summed E-state index contributed by atoms with van der Waals surface area (Å²) in [6.07, 6.45) is 0. The molecular weight excluding hydrogens is 1330 g/mol. The molecule has 2 heterocycles. The molecule has 2 unspecified atom stereocenters. The van der Waals surface area contributed by atoms with Crippen LogP contribution in [0.5, 0.6) is 0 Å². The Morgan fingerprint density at radius 1 is 0.136 bits per heavy atom. The molecule has 4 aliphatic carbocycles. The minimum Gasteiger partial charge on any atom is -0.228 e. The zero-order chi connectivity index (χ0) is 72.4. The molecule has 18 aromatic rings. The van der Waals surface area contributed by atoms with Crippen molar-refractivity contribution >= 4 is 0 Å². The monoisotopic (exact) mass is 1390 g/mol. The third-order valence-electron chi connectivity index (χ3n) is 23.6. The second-order valence-electron chi connectivity index (χ2n) is 29.4. The first-order valence-electron chi connectivity index (χ1n) is 37.9. The minimum absolute atomic E-state index is 0.549. The Labute approximate surface area is 639 Å². The molecule has 510 valence electrons. The van der Waals surface area contributed by atoms with Gasteiger partial charge in [-0.05, 0) is 187 Å². The van der Waals surface area contributed by atoms with E-state index in [-0.39, 0.29) is 0 Å². The van der Waals surface area contributed by atoms with E-state index in [1.165, 1.54) is 117 Å². The van der Waals surface area contributed by atoms with Crippen LogP contribution in [0.4, 0.5) is 0 Å². The van der Waals surface area contributed by atoms with Gasteiger partial charge in [0.2, 0.25) is 0 Å². The van der Waals surface area contributed by atoms with E-state index in [0.717, 1.165) is 84.0 Å². The van der Waals surface area contributed by atoms with Gasteiger partial charge in [0.1, 0.15) is 0 Å². The number of hydrogen-bond acceptors (Lipinski definition) is 4. The van der Waals surface area contributed by atoms with Gasteiger partial charge in [0.05, 0.1) is 33.6 Å². The van der Waals surface area contributed by atoms with Gasteiger partial charge in [-0.25, -0.2) is 19.9 Å². The maximum absolute atomic E-state index is 5.22. The van der Waals surface area contributed by atoms with Gasteiger partial charge in [-0.3, -0.25) is 0 Å². The summed E-state index contributed by atoms with van der Waals surface area (Å²) in [6, 6.07) is 147. The van der Waals surface area contributed by atoms with Crippen LogP contribution in [0.3, 0.4) is 0 Å². The summed E-state index contributed by atoms with van der Waals surface area (Å²) in [7, 11) is 0. The Kier molecular flexibility index (Phi) is 14.4. The minimum atomic E-state index is -0.588. The summed E-state index contributed by atoms with van der Waals surface area (Å²) < 4.78 is 0. The zero-order valence-corrected chi connectivity index (χ0v) is 59.9. The molecule has 0 fully saturated rings. The van der Waals surface area contributed by atoms with Crippen molar-refractivity contribution in [3.05, 3.63) is 445 Å². The lowest BCUT2D eigenvalue weighted by molar-refractivity contribution is 0.793. The molecule has 16 aromatic carbocycles. The molecule has 0 bridgehead atoms. The third-order valence-corrected chi connectivity index (χ3v) is 23.6. The second kappa shape index (κ2) is 25.2. The smallest absolute Gasteiger partial charge is 0.160 e. The Bertz CT molecular complexity index is 6650. The van der Waals surface area contributed by atoms with Gasteiger partial charge in [-0.2, -0.15) is 0 Å². The van der Waals surface area contributed by atoms with Crippen LogP contribution in [0, 0.1) is 0 Å². The van der Waals surface area contributed by atoms with Gasteiger partial charge in [0.25, 0.3) is 0 Å². The highest BCUT2D eigenvalue weighted by Crippen LogP contribution is 2.67. The number of benzene rings is 16. The van der Waals surface area contributed by atoms with Gasteiger partial charge in [0.15, 0.2) is 11.6 Å². The van der Waals surface area contributed by atoms with E-state index in [4.69, 9.17) is 19.9 Å².